The summed E-state index contributed by atoms with van der Waals surface area (Å²) in [6.07, 6.45) is 3.05. The fraction of sp³-hybridized carbons (Fsp3) is 0.368. The Morgan fingerprint density at radius 2 is 1.96 bits per heavy atom. The van der Waals surface area contributed by atoms with Crippen LogP contribution in [0.15, 0.2) is 53.0 Å². The summed E-state index contributed by atoms with van der Waals surface area (Å²) in [6, 6.07) is 14.2. The summed E-state index contributed by atoms with van der Waals surface area (Å²) in [5.41, 5.74) is 1.93. The third kappa shape index (κ3) is 3.08. The second-order valence-electron chi connectivity index (χ2n) is 6.49. The summed E-state index contributed by atoms with van der Waals surface area (Å²) in [4.78, 5) is 21.4. The van der Waals surface area contributed by atoms with Crippen LogP contribution in [0.5, 0.6) is 0 Å². The number of hydrogen-bond acceptors (Lipinski definition) is 4. The Labute approximate surface area is 145 Å². The predicted molar refractivity (Wildman–Crippen MR) is 95.2 cm³/mol. The van der Waals surface area contributed by atoms with E-state index in [0.717, 1.165) is 48.5 Å². The first-order chi connectivity index (χ1) is 11.7. The van der Waals surface area contributed by atoms with Gasteiger partial charge in [0.2, 0.25) is 5.91 Å². The largest absolute Gasteiger partial charge is 0.388 e. The zero-order valence-corrected chi connectivity index (χ0v) is 14.3. The molecule has 1 aromatic carbocycles. The molecule has 0 radical (unpaired) electrons. The number of thiophene rings is 1. The van der Waals surface area contributed by atoms with Crippen molar-refractivity contribution >= 4 is 23.0 Å². The minimum atomic E-state index is -0.217. The van der Waals surface area contributed by atoms with Gasteiger partial charge in [-0.1, -0.05) is 41.6 Å². The van der Waals surface area contributed by atoms with Crippen LogP contribution >= 0.6 is 11.3 Å². The molecule has 124 valence electrons. The molecule has 24 heavy (non-hydrogen) atoms. The van der Waals surface area contributed by atoms with Gasteiger partial charge in [-0.2, -0.15) is 0 Å². The molecule has 0 N–H and O–H groups in total. The molecule has 5 heteroatoms. The lowest BCUT2D eigenvalue weighted by Gasteiger charge is -2.37. The molecule has 2 aromatic rings. The van der Waals surface area contributed by atoms with Gasteiger partial charge in [-0.05, 0) is 17.0 Å². The smallest absolute Gasteiger partial charge is 0.227 e. The Balaban J connectivity index is 1.34. The van der Waals surface area contributed by atoms with Gasteiger partial charge in [-0.25, -0.2) is 0 Å². The van der Waals surface area contributed by atoms with Crippen LogP contribution in [-0.2, 0) is 16.1 Å². The van der Waals surface area contributed by atoms with Crippen LogP contribution in [0.1, 0.15) is 29.7 Å². The highest BCUT2D eigenvalue weighted by Gasteiger charge is 2.43. The van der Waals surface area contributed by atoms with Gasteiger partial charge in [0, 0.05) is 37.2 Å². The lowest BCUT2D eigenvalue weighted by Crippen LogP contribution is -2.47. The van der Waals surface area contributed by atoms with Gasteiger partial charge >= 0.3 is 0 Å². The molecule has 0 bridgehead atoms. The first-order valence-electron chi connectivity index (χ1n) is 8.35. The molecule has 0 aliphatic carbocycles. The third-order valence-corrected chi connectivity index (χ3v) is 5.76. The van der Waals surface area contributed by atoms with Crippen molar-refractivity contribution in [2.24, 2.45) is 5.16 Å². The fourth-order valence-electron chi connectivity index (χ4n) is 3.41. The fourth-order valence-corrected chi connectivity index (χ4v) is 4.11. The van der Waals surface area contributed by atoms with Crippen LogP contribution < -0.4 is 0 Å². The quantitative estimate of drug-likeness (QED) is 0.858. The molecule has 0 atom stereocenters. The van der Waals surface area contributed by atoms with E-state index in [1.165, 1.54) is 0 Å². The van der Waals surface area contributed by atoms with Crippen molar-refractivity contribution in [3.8, 4) is 0 Å². The van der Waals surface area contributed by atoms with Gasteiger partial charge in [0.15, 0.2) is 0 Å². The molecule has 4 rings (SSSR count). The molecule has 3 heterocycles. The molecule has 1 amide bonds. The lowest BCUT2D eigenvalue weighted by atomic mass is 9.85. The van der Waals surface area contributed by atoms with Crippen LogP contribution in [0.4, 0.5) is 0 Å². The van der Waals surface area contributed by atoms with E-state index in [4.69, 9.17) is 4.84 Å². The van der Waals surface area contributed by atoms with Crippen LogP contribution in [0.25, 0.3) is 0 Å². The van der Waals surface area contributed by atoms with E-state index in [-0.39, 0.29) is 11.5 Å². The van der Waals surface area contributed by atoms with Gasteiger partial charge in [0.05, 0.1) is 12.1 Å². The zero-order valence-electron chi connectivity index (χ0n) is 13.5. The lowest BCUT2D eigenvalue weighted by molar-refractivity contribution is -0.136. The first-order valence-corrected chi connectivity index (χ1v) is 9.23. The van der Waals surface area contributed by atoms with Crippen LogP contribution in [0.3, 0.4) is 0 Å². The normalized spacial score (nSPS) is 19.2. The summed E-state index contributed by atoms with van der Waals surface area (Å²) in [7, 11) is 0. The molecule has 1 fully saturated rings. The number of oxime groups is 1. The van der Waals surface area contributed by atoms with Crippen molar-refractivity contribution in [3.05, 3.63) is 58.3 Å². The van der Waals surface area contributed by atoms with E-state index in [1.54, 1.807) is 11.3 Å². The molecule has 1 aromatic heterocycles. The number of likely N-dealkylation sites (tertiary alicyclic amines) is 1. The maximum Gasteiger partial charge on any atom is 0.227 e. The van der Waals surface area contributed by atoms with Crippen LogP contribution in [0.2, 0.25) is 0 Å². The standard InChI is InChI=1S/C19H20N2O2S/c22-18(13-16-7-4-12-24-16)21-10-8-19(9-11-21)14-17(20-23-19)15-5-2-1-3-6-15/h1-7,12H,8-11,13-14H2. The number of amides is 1. The SMILES string of the molecule is O=C(Cc1cccs1)N1CCC2(CC1)CC(c1ccccc1)=NO2. The average Bonchev–Trinajstić information content (AvgIpc) is 3.27. The predicted octanol–water partition coefficient (Wildman–Crippen LogP) is 3.48. The monoisotopic (exact) mass is 340 g/mol. The van der Waals surface area contributed by atoms with E-state index < -0.39 is 0 Å². The zero-order chi connectivity index (χ0) is 16.4. The van der Waals surface area contributed by atoms with Gasteiger partial charge in [-0.3, -0.25) is 4.79 Å². The second-order valence-corrected chi connectivity index (χ2v) is 7.52. The van der Waals surface area contributed by atoms with Gasteiger partial charge < -0.3 is 9.74 Å². The topological polar surface area (TPSA) is 41.9 Å². The molecule has 1 spiro atoms. The number of piperidine rings is 1. The van der Waals surface area contributed by atoms with Crippen molar-refractivity contribution in [2.75, 3.05) is 13.1 Å². The third-order valence-electron chi connectivity index (χ3n) is 4.88. The van der Waals surface area contributed by atoms with E-state index in [9.17, 15) is 4.79 Å². The summed E-state index contributed by atoms with van der Waals surface area (Å²) < 4.78 is 0. The number of carbonyl (C=O) groups excluding carboxylic acids is 1. The summed E-state index contributed by atoms with van der Waals surface area (Å²) in [5.74, 6) is 0.217. The highest BCUT2D eigenvalue weighted by Crippen LogP contribution is 2.36. The molecular formula is C19H20N2O2S. The van der Waals surface area contributed by atoms with E-state index in [1.807, 2.05) is 40.6 Å². The Hall–Kier alpha value is -2.14. The van der Waals surface area contributed by atoms with Crippen LogP contribution in [0, 0.1) is 0 Å². The maximum absolute atomic E-state index is 12.4. The molecule has 4 nitrogen and oxygen atoms in total. The highest BCUT2D eigenvalue weighted by molar-refractivity contribution is 7.10. The molecule has 2 aliphatic rings. The number of benzene rings is 1. The summed E-state index contributed by atoms with van der Waals surface area (Å²) in [5, 5.41) is 6.34. The molecule has 1 saturated heterocycles. The number of rotatable bonds is 3. The minimum Gasteiger partial charge on any atom is -0.388 e. The Morgan fingerprint density at radius 1 is 1.17 bits per heavy atom. The van der Waals surface area contributed by atoms with Gasteiger partial charge in [0.25, 0.3) is 0 Å². The van der Waals surface area contributed by atoms with Crippen molar-refractivity contribution in [3.63, 3.8) is 0 Å². The molecule has 2 aliphatic heterocycles. The molecule has 0 saturated carbocycles. The van der Waals surface area contributed by atoms with Gasteiger partial charge in [-0.15, -0.1) is 11.3 Å². The van der Waals surface area contributed by atoms with Gasteiger partial charge in [0.1, 0.15) is 5.60 Å². The number of nitrogens with zero attached hydrogens (tertiary/aromatic N) is 2. The number of carbonyl (C=O) groups is 1. The Bertz CT molecular complexity index is 732. The van der Waals surface area contributed by atoms with Crippen molar-refractivity contribution < 1.29 is 9.63 Å². The van der Waals surface area contributed by atoms with Crippen molar-refractivity contribution in [1.29, 1.82) is 0 Å². The Kier molecular flexibility index (Phi) is 4.10. The minimum absolute atomic E-state index is 0.217. The Morgan fingerprint density at radius 3 is 2.67 bits per heavy atom. The first kappa shape index (κ1) is 15.4. The second kappa shape index (κ2) is 6.40. The van der Waals surface area contributed by atoms with E-state index >= 15 is 0 Å². The number of hydrogen-bond donors (Lipinski definition) is 0. The highest BCUT2D eigenvalue weighted by atomic mass is 32.1. The summed E-state index contributed by atoms with van der Waals surface area (Å²) >= 11 is 1.64. The van der Waals surface area contributed by atoms with Crippen molar-refractivity contribution in [1.82, 2.24) is 4.90 Å². The average molecular weight is 340 g/mol. The van der Waals surface area contributed by atoms with E-state index in [2.05, 4.69) is 17.3 Å². The maximum atomic E-state index is 12.4. The van der Waals surface area contributed by atoms with Crippen molar-refractivity contribution in [2.45, 2.75) is 31.3 Å². The van der Waals surface area contributed by atoms with E-state index in [0.29, 0.717) is 6.42 Å². The molecular weight excluding hydrogens is 320 g/mol. The molecule has 0 unspecified atom stereocenters. The van der Waals surface area contributed by atoms with Crippen LogP contribution in [-0.4, -0.2) is 35.2 Å². The summed E-state index contributed by atoms with van der Waals surface area (Å²) in [6.45, 7) is 1.50.